The van der Waals surface area contributed by atoms with Crippen LogP contribution in [-0.4, -0.2) is 56.6 Å². The minimum absolute atomic E-state index is 0. The molecular formula is C12H26O2Sr. The Labute approximate surface area is 134 Å². The fourth-order valence-corrected chi connectivity index (χ4v) is 1.59. The number of carboxylic acids is 1. The van der Waals surface area contributed by atoms with E-state index >= 15 is 0 Å². The Morgan fingerprint density at radius 1 is 0.933 bits per heavy atom. The Hall–Kier alpha value is 0.951. The molecular weight excluding hydrogens is 264 g/mol. The van der Waals surface area contributed by atoms with E-state index in [4.69, 9.17) is 5.11 Å². The van der Waals surface area contributed by atoms with Gasteiger partial charge in [0.05, 0.1) is 0 Å². The van der Waals surface area contributed by atoms with Crippen LogP contribution < -0.4 is 0 Å². The zero-order valence-corrected chi connectivity index (χ0v) is 13.6. The summed E-state index contributed by atoms with van der Waals surface area (Å²) < 4.78 is 0. The minimum atomic E-state index is -0.659. The first-order valence-corrected chi connectivity index (χ1v) is 5.99. The van der Waals surface area contributed by atoms with E-state index in [0.29, 0.717) is 6.42 Å². The monoisotopic (exact) mass is 290 g/mol. The maximum atomic E-state index is 10.2. The third-order valence-corrected chi connectivity index (χ3v) is 2.49. The number of carbonyl (C=O) groups is 1. The van der Waals surface area contributed by atoms with Crippen molar-refractivity contribution >= 4 is 51.5 Å². The van der Waals surface area contributed by atoms with Crippen molar-refractivity contribution in [1.82, 2.24) is 0 Å². The summed E-state index contributed by atoms with van der Waals surface area (Å²) in [6, 6.07) is 0. The summed E-state index contributed by atoms with van der Waals surface area (Å²) in [6.07, 6.45) is 11.5. The fourth-order valence-electron chi connectivity index (χ4n) is 1.59. The second kappa shape index (κ2) is 15.0. The average molecular weight is 290 g/mol. The van der Waals surface area contributed by atoms with Gasteiger partial charge in [-0.3, -0.25) is 4.79 Å². The van der Waals surface area contributed by atoms with Gasteiger partial charge in [0.1, 0.15) is 0 Å². The molecule has 0 aliphatic carbocycles. The minimum Gasteiger partial charge on any atom is -1.00 e. The summed E-state index contributed by atoms with van der Waals surface area (Å²) in [4.78, 5) is 10.2. The second-order valence-electron chi connectivity index (χ2n) is 3.97. The van der Waals surface area contributed by atoms with Crippen LogP contribution >= 0.6 is 0 Å². The van der Waals surface area contributed by atoms with Crippen LogP contribution in [0.1, 0.15) is 74.0 Å². The van der Waals surface area contributed by atoms with E-state index in [1.54, 1.807) is 0 Å². The summed E-state index contributed by atoms with van der Waals surface area (Å²) in [5, 5.41) is 8.41. The molecule has 3 heteroatoms. The van der Waals surface area contributed by atoms with Gasteiger partial charge < -0.3 is 7.96 Å². The summed E-state index contributed by atoms with van der Waals surface area (Å²) in [6.45, 7) is 2.23. The Kier molecular flexibility index (Phi) is 18.3. The van der Waals surface area contributed by atoms with Crippen LogP contribution in [0.25, 0.3) is 0 Å². The van der Waals surface area contributed by atoms with Gasteiger partial charge in [0.25, 0.3) is 0 Å². The molecule has 0 aromatic heterocycles. The van der Waals surface area contributed by atoms with Crippen LogP contribution in [0.15, 0.2) is 0 Å². The Bertz CT molecular complexity index is 146. The van der Waals surface area contributed by atoms with Crippen LogP contribution in [0.5, 0.6) is 0 Å². The molecule has 0 bridgehead atoms. The van der Waals surface area contributed by atoms with Crippen molar-refractivity contribution in [3.05, 3.63) is 0 Å². The molecule has 2 nitrogen and oxygen atoms in total. The molecule has 0 unspecified atom stereocenters. The molecule has 0 radical (unpaired) electrons. The molecule has 0 saturated heterocycles. The first-order valence-electron chi connectivity index (χ1n) is 5.99. The predicted octanol–water partition coefficient (Wildman–Crippen LogP) is 3.84. The smallest absolute Gasteiger partial charge is 1.00 e. The predicted molar refractivity (Wildman–Crippen MR) is 67.5 cm³/mol. The zero-order chi connectivity index (χ0) is 10.6. The summed E-state index contributed by atoms with van der Waals surface area (Å²) in [5.74, 6) is -0.659. The molecule has 0 aromatic rings. The molecule has 0 aromatic carbocycles. The molecule has 0 amide bonds. The summed E-state index contributed by atoms with van der Waals surface area (Å²) in [7, 11) is 0. The maximum Gasteiger partial charge on any atom is 2.00 e. The molecule has 0 aliphatic heterocycles. The van der Waals surface area contributed by atoms with Crippen molar-refractivity contribution in [3.63, 3.8) is 0 Å². The van der Waals surface area contributed by atoms with E-state index in [-0.39, 0.29) is 48.3 Å². The number of carboxylic acid groups (broad SMARTS) is 1. The van der Waals surface area contributed by atoms with E-state index in [1.807, 2.05) is 0 Å². The Morgan fingerprint density at radius 3 is 1.73 bits per heavy atom. The molecule has 0 saturated carbocycles. The van der Waals surface area contributed by atoms with Gasteiger partial charge in [-0.1, -0.05) is 58.3 Å². The van der Waals surface area contributed by atoms with Crippen LogP contribution in [0.3, 0.4) is 0 Å². The molecule has 0 heterocycles. The molecule has 88 valence electrons. The van der Waals surface area contributed by atoms with Crippen LogP contribution in [0.4, 0.5) is 0 Å². The molecule has 0 spiro atoms. The van der Waals surface area contributed by atoms with Gasteiger partial charge >= 0.3 is 51.5 Å². The molecule has 0 atom stereocenters. The van der Waals surface area contributed by atoms with Crippen molar-refractivity contribution in [3.8, 4) is 0 Å². The van der Waals surface area contributed by atoms with Gasteiger partial charge in [0.2, 0.25) is 0 Å². The molecule has 0 fully saturated rings. The molecule has 0 aliphatic rings. The summed E-state index contributed by atoms with van der Waals surface area (Å²) >= 11 is 0. The first-order chi connectivity index (χ1) is 6.77. The van der Waals surface area contributed by atoms with Crippen molar-refractivity contribution in [2.45, 2.75) is 71.1 Å². The largest absolute Gasteiger partial charge is 2.00 e. The number of hydrogen-bond acceptors (Lipinski definition) is 1. The van der Waals surface area contributed by atoms with Crippen molar-refractivity contribution in [2.24, 2.45) is 0 Å². The quantitative estimate of drug-likeness (QED) is 0.490. The Balaban J connectivity index is -0.000000282. The third kappa shape index (κ3) is 17.6. The number of rotatable bonds is 10. The van der Waals surface area contributed by atoms with Gasteiger partial charge in [-0.05, 0) is 6.42 Å². The first kappa shape index (κ1) is 18.3. The number of hydrogen-bond donors (Lipinski definition) is 1. The molecule has 0 rings (SSSR count). The average Bonchev–Trinajstić information content (AvgIpc) is 2.15. The zero-order valence-electron chi connectivity index (χ0n) is 12.1. The van der Waals surface area contributed by atoms with Crippen molar-refractivity contribution in [1.29, 1.82) is 0 Å². The van der Waals surface area contributed by atoms with E-state index in [2.05, 4.69) is 6.92 Å². The van der Waals surface area contributed by atoms with E-state index in [1.165, 1.54) is 44.9 Å². The van der Waals surface area contributed by atoms with Gasteiger partial charge in [0.15, 0.2) is 0 Å². The molecule has 1 N–H and O–H groups in total. The molecule has 15 heavy (non-hydrogen) atoms. The van der Waals surface area contributed by atoms with Crippen LogP contribution in [-0.2, 0) is 4.79 Å². The normalized spacial score (nSPS) is 9.67. The van der Waals surface area contributed by atoms with Gasteiger partial charge in [0, 0.05) is 6.42 Å². The van der Waals surface area contributed by atoms with Crippen molar-refractivity contribution < 1.29 is 12.8 Å². The SMILES string of the molecule is CCCCCCCCCCCC(=O)O.[H-].[H-].[Sr+2]. The van der Waals surface area contributed by atoms with Gasteiger partial charge in [-0.2, -0.15) is 0 Å². The standard InChI is InChI=1S/C12H24O2.Sr.2H/c1-2-3-4-5-6-7-8-9-10-11-12(13)14;;;/h2-11H2,1H3,(H,13,14);;;/q;+2;2*-1. The van der Waals surface area contributed by atoms with E-state index in [9.17, 15) is 4.79 Å². The third-order valence-electron chi connectivity index (χ3n) is 2.49. The second-order valence-corrected chi connectivity index (χ2v) is 3.97. The van der Waals surface area contributed by atoms with Gasteiger partial charge in [-0.15, -0.1) is 0 Å². The topological polar surface area (TPSA) is 37.3 Å². The number of unbranched alkanes of at least 4 members (excludes halogenated alkanes) is 8. The maximum absolute atomic E-state index is 10.2. The fraction of sp³-hybridized carbons (Fsp3) is 0.917. The van der Waals surface area contributed by atoms with Crippen LogP contribution in [0.2, 0.25) is 0 Å². The van der Waals surface area contributed by atoms with Gasteiger partial charge in [-0.25, -0.2) is 0 Å². The summed E-state index contributed by atoms with van der Waals surface area (Å²) in [5.41, 5.74) is 0. The van der Waals surface area contributed by atoms with E-state index in [0.717, 1.165) is 12.8 Å². The van der Waals surface area contributed by atoms with Crippen LogP contribution in [0, 0.1) is 0 Å². The van der Waals surface area contributed by atoms with E-state index < -0.39 is 5.97 Å². The van der Waals surface area contributed by atoms with Crippen molar-refractivity contribution in [2.75, 3.05) is 0 Å². The number of aliphatic carboxylic acids is 1. The Morgan fingerprint density at radius 2 is 1.33 bits per heavy atom.